The summed E-state index contributed by atoms with van der Waals surface area (Å²) in [7, 11) is 1.91. The van der Waals surface area contributed by atoms with E-state index in [1.54, 1.807) is 6.20 Å². The molecule has 14 heavy (non-hydrogen) atoms. The molecule has 0 fully saturated rings. The number of imidazole rings is 1. The van der Waals surface area contributed by atoms with Crippen molar-refractivity contribution in [1.82, 2.24) is 9.55 Å². The lowest BCUT2D eigenvalue weighted by molar-refractivity contribution is 0.938. The SMILES string of the molecule is Cc1ccc(-c2cnc(N)n2C)cc1. The molecule has 0 aliphatic rings. The van der Waals surface area contributed by atoms with Gasteiger partial charge in [-0.15, -0.1) is 0 Å². The van der Waals surface area contributed by atoms with Crippen molar-refractivity contribution in [2.24, 2.45) is 7.05 Å². The lowest BCUT2D eigenvalue weighted by Crippen LogP contribution is -1.98. The minimum atomic E-state index is 0.542. The summed E-state index contributed by atoms with van der Waals surface area (Å²) in [4.78, 5) is 4.06. The zero-order valence-electron chi connectivity index (χ0n) is 8.36. The van der Waals surface area contributed by atoms with E-state index in [-0.39, 0.29) is 0 Å². The van der Waals surface area contributed by atoms with E-state index in [0.717, 1.165) is 11.3 Å². The highest BCUT2D eigenvalue weighted by molar-refractivity contribution is 5.61. The minimum Gasteiger partial charge on any atom is -0.369 e. The molecule has 1 aromatic carbocycles. The Morgan fingerprint density at radius 1 is 1.21 bits per heavy atom. The molecule has 0 aliphatic heterocycles. The molecular formula is C11H13N3. The van der Waals surface area contributed by atoms with Crippen molar-refractivity contribution in [3.8, 4) is 11.3 Å². The maximum Gasteiger partial charge on any atom is 0.200 e. The lowest BCUT2D eigenvalue weighted by atomic mass is 10.1. The molecule has 0 saturated heterocycles. The molecule has 0 atom stereocenters. The zero-order valence-corrected chi connectivity index (χ0v) is 8.36. The highest BCUT2D eigenvalue weighted by Gasteiger charge is 2.04. The number of aromatic nitrogens is 2. The molecule has 0 radical (unpaired) electrons. The number of rotatable bonds is 1. The Morgan fingerprint density at radius 3 is 2.36 bits per heavy atom. The van der Waals surface area contributed by atoms with Gasteiger partial charge in [0.05, 0.1) is 11.9 Å². The second kappa shape index (κ2) is 3.18. The van der Waals surface area contributed by atoms with E-state index in [4.69, 9.17) is 5.73 Å². The maximum atomic E-state index is 5.66. The number of hydrogen-bond acceptors (Lipinski definition) is 2. The van der Waals surface area contributed by atoms with Crippen LogP contribution in [0, 0.1) is 6.92 Å². The van der Waals surface area contributed by atoms with Crippen molar-refractivity contribution < 1.29 is 0 Å². The highest BCUT2D eigenvalue weighted by atomic mass is 15.1. The quantitative estimate of drug-likeness (QED) is 0.741. The molecule has 1 heterocycles. The Bertz CT molecular complexity index is 440. The number of nitrogens with two attached hydrogens (primary N) is 1. The Morgan fingerprint density at radius 2 is 1.86 bits per heavy atom. The van der Waals surface area contributed by atoms with E-state index in [2.05, 4.69) is 36.2 Å². The zero-order chi connectivity index (χ0) is 10.1. The van der Waals surface area contributed by atoms with E-state index in [1.165, 1.54) is 5.56 Å². The third kappa shape index (κ3) is 1.37. The van der Waals surface area contributed by atoms with Crippen molar-refractivity contribution in [1.29, 1.82) is 0 Å². The molecule has 0 bridgehead atoms. The fourth-order valence-electron chi connectivity index (χ4n) is 1.42. The van der Waals surface area contributed by atoms with Crippen molar-refractivity contribution >= 4 is 5.95 Å². The summed E-state index contributed by atoms with van der Waals surface area (Å²) in [6.07, 6.45) is 1.79. The van der Waals surface area contributed by atoms with Gasteiger partial charge in [-0.05, 0) is 12.5 Å². The van der Waals surface area contributed by atoms with Crippen LogP contribution in [-0.4, -0.2) is 9.55 Å². The topological polar surface area (TPSA) is 43.8 Å². The van der Waals surface area contributed by atoms with Gasteiger partial charge in [-0.25, -0.2) is 4.98 Å². The van der Waals surface area contributed by atoms with Crippen LogP contribution in [-0.2, 0) is 7.05 Å². The van der Waals surface area contributed by atoms with Crippen molar-refractivity contribution in [3.63, 3.8) is 0 Å². The van der Waals surface area contributed by atoms with Crippen LogP contribution in [0.3, 0.4) is 0 Å². The van der Waals surface area contributed by atoms with Gasteiger partial charge in [0.25, 0.3) is 0 Å². The Labute approximate surface area is 83.2 Å². The first-order valence-electron chi connectivity index (χ1n) is 4.52. The Balaban J connectivity index is 2.49. The van der Waals surface area contributed by atoms with Crippen molar-refractivity contribution in [3.05, 3.63) is 36.0 Å². The van der Waals surface area contributed by atoms with Crippen molar-refractivity contribution in [2.75, 3.05) is 5.73 Å². The van der Waals surface area contributed by atoms with Crippen LogP contribution in [0.5, 0.6) is 0 Å². The third-order valence-corrected chi connectivity index (χ3v) is 2.37. The van der Waals surface area contributed by atoms with Crippen LogP contribution < -0.4 is 5.73 Å². The number of hydrogen-bond donors (Lipinski definition) is 1. The average molecular weight is 187 g/mol. The Hall–Kier alpha value is -1.77. The van der Waals surface area contributed by atoms with E-state index >= 15 is 0 Å². The van der Waals surface area contributed by atoms with Crippen LogP contribution in [0.25, 0.3) is 11.3 Å². The molecule has 3 heteroatoms. The summed E-state index contributed by atoms with van der Waals surface area (Å²) in [5, 5.41) is 0. The second-order valence-electron chi connectivity index (χ2n) is 3.43. The molecule has 0 unspecified atom stereocenters. The predicted octanol–water partition coefficient (Wildman–Crippen LogP) is 1.98. The summed E-state index contributed by atoms with van der Waals surface area (Å²) in [5.41, 5.74) is 9.10. The summed E-state index contributed by atoms with van der Waals surface area (Å²) in [5.74, 6) is 0.542. The first-order chi connectivity index (χ1) is 6.68. The predicted molar refractivity (Wildman–Crippen MR) is 57.8 cm³/mol. The Kier molecular flexibility index (Phi) is 2.00. The number of nitrogens with zero attached hydrogens (tertiary/aromatic N) is 2. The molecule has 0 amide bonds. The standard InChI is InChI=1S/C11H13N3/c1-8-3-5-9(6-4-8)10-7-13-11(12)14(10)2/h3-7H,1-2H3,(H2,12,13). The van der Waals surface area contributed by atoms with Crippen molar-refractivity contribution in [2.45, 2.75) is 6.92 Å². The van der Waals surface area contributed by atoms with Gasteiger partial charge in [-0.2, -0.15) is 0 Å². The second-order valence-corrected chi connectivity index (χ2v) is 3.43. The van der Waals surface area contributed by atoms with Gasteiger partial charge >= 0.3 is 0 Å². The molecule has 0 saturated carbocycles. The number of aryl methyl sites for hydroxylation is 1. The van der Waals surface area contributed by atoms with E-state index in [1.807, 2.05) is 11.6 Å². The fourth-order valence-corrected chi connectivity index (χ4v) is 1.42. The number of nitrogen functional groups attached to an aromatic ring is 1. The normalized spacial score (nSPS) is 10.4. The van der Waals surface area contributed by atoms with Gasteiger partial charge in [-0.1, -0.05) is 29.8 Å². The van der Waals surface area contributed by atoms with E-state index < -0.39 is 0 Å². The van der Waals surface area contributed by atoms with Gasteiger partial charge in [0.15, 0.2) is 5.95 Å². The number of anilines is 1. The molecule has 2 aromatic rings. The molecule has 3 nitrogen and oxygen atoms in total. The first-order valence-corrected chi connectivity index (χ1v) is 4.52. The lowest BCUT2D eigenvalue weighted by Gasteiger charge is -2.03. The van der Waals surface area contributed by atoms with Crippen LogP contribution in [0.15, 0.2) is 30.5 Å². The molecule has 2 rings (SSSR count). The maximum absolute atomic E-state index is 5.66. The number of benzene rings is 1. The van der Waals surface area contributed by atoms with Crippen LogP contribution in [0.1, 0.15) is 5.56 Å². The third-order valence-electron chi connectivity index (χ3n) is 2.37. The summed E-state index contributed by atoms with van der Waals surface area (Å²) < 4.78 is 1.88. The van der Waals surface area contributed by atoms with Gasteiger partial charge in [-0.3, -0.25) is 0 Å². The monoisotopic (exact) mass is 187 g/mol. The van der Waals surface area contributed by atoms with Gasteiger partial charge in [0.2, 0.25) is 0 Å². The first kappa shape index (κ1) is 8.81. The van der Waals surface area contributed by atoms with Crippen LogP contribution >= 0.6 is 0 Å². The van der Waals surface area contributed by atoms with Gasteiger partial charge in [0, 0.05) is 7.05 Å². The molecule has 2 N–H and O–H groups in total. The highest BCUT2D eigenvalue weighted by Crippen LogP contribution is 2.20. The van der Waals surface area contributed by atoms with E-state index in [0.29, 0.717) is 5.95 Å². The van der Waals surface area contributed by atoms with Gasteiger partial charge < -0.3 is 10.3 Å². The molecular weight excluding hydrogens is 174 g/mol. The summed E-state index contributed by atoms with van der Waals surface area (Å²) >= 11 is 0. The molecule has 0 aliphatic carbocycles. The average Bonchev–Trinajstić information content (AvgIpc) is 2.50. The minimum absolute atomic E-state index is 0.542. The van der Waals surface area contributed by atoms with Gasteiger partial charge in [0.1, 0.15) is 0 Å². The van der Waals surface area contributed by atoms with Crippen LogP contribution in [0.2, 0.25) is 0 Å². The fraction of sp³-hybridized carbons (Fsp3) is 0.182. The summed E-state index contributed by atoms with van der Waals surface area (Å²) in [6.45, 7) is 2.07. The molecule has 1 aromatic heterocycles. The van der Waals surface area contributed by atoms with E-state index in [9.17, 15) is 0 Å². The summed E-state index contributed by atoms with van der Waals surface area (Å²) in [6, 6.07) is 8.31. The largest absolute Gasteiger partial charge is 0.369 e. The smallest absolute Gasteiger partial charge is 0.200 e. The molecule has 0 spiro atoms. The molecule has 72 valence electrons. The van der Waals surface area contributed by atoms with Crippen LogP contribution in [0.4, 0.5) is 5.95 Å².